The van der Waals surface area contributed by atoms with Crippen molar-refractivity contribution < 1.29 is 9.47 Å². The largest absolute Gasteiger partial charge is 0.492 e. The zero-order chi connectivity index (χ0) is 15.1. The molecule has 0 aliphatic heterocycles. The van der Waals surface area contributed by atoms with E-state index in [1.54, 1.807) is 12.3 Å². The number of anilines is 2. The van der Waals surface area contributed by atoms with Gasteiger partial charge in [0.25, 0.3) is 0 Å². The Hall–Kier alpha value is -2.43. The molecule has 0 unspecified atom stereocenters. The van der Waals surface area contributed by atoms with Gasteiger partial charge in [-0.05, 0) is 38.1 Å². The summed E-state index contributed by atoms with van der Waals surface area (Å²) in [7, 11) is 0. The molecule has 5 nitrogen and oxygen atoms in total. The Balaban J connectivity index is 1.83. The smallest absolute Gasteiger partial charge is 0.168 e. The average Bonchev–Trinajstić information content (AvgIpc) is 2.45. The predicted molar refractivity (Wildman–Crippen MR) is 84.8 cm³/mol. The summed E-state index contributed by atoms with van der Waals surface area (Å²) in [6, 6.07) is 11.1. The number of nitrogens with two attached hydrogens (primary N) is 1. The zero-order valence-corrected chi connectivity index (χ0v) is 12.4. The highest BCUT2D eigenvalue weighted by Gasteiger charge is 2.05. The molecule has 2 rings (SSSR count). The van der Waals surface area contributed by atoms with Crippen molar-refractivity contribution in [3.05, 3.63) is 42.6 Å². The molecular formula is C16H21N3O2. The van der Waals surface area contributed by atoms with Gasteiger partial charge in [0.05, 0.1) is 12.6 Å². The summed E-state index contributed by atoms with van der Waals surface area (Å²) < 4.78 is 11.3. The normalized spacial score (nSPS) is 10.4. The number of nitrogens with one attached hydrogen (secondary N) is 1. The summed E-state index contributed by atoms with van der Waals surface area (Å²) in [5.74, 6) is 2.23. The number of pyridine rings is 1. The van der Waals surface area contributed by atoms with Gasteiger partial charge in [-0.1, -0.05) is 6.07 Å². The number of nitrogen functional groups attached to an aromatic ring is 1. The van der Waals surface area contributed by atoms with E-state index in [9.17, 15) is 0 Å². The van der Waals surface area contributed by atoms with Crippen molar-refractivity contribution in [3.8, 4) is 11.5 Å². The van der Waals surface area contributed by atoms with Gasteiger partial charge in [0.1, 0.15) is 12.4 Å². The second-order valence-corrected chi connectivity index (χ2v) is 4.86. The van der Waals surface area contributed by atoms with E-state index in [1.165, 1.54) is 0 Å². The Labute approximate surface area is 125 Å². The van der Waals surface area contributed by atoms with Gasteiger partial charge in [-0.2, -0.15) is 0 Å². The molecule has 0 spiro atoms. The molecule has 112 valence electrons. The van der Waals surface area contributed by atoms with Gasteiger partial charge in [-0.3, -0.25) is 0 Å². The highest BCUT2D eigenvalue weighted by molar-refractivity contribution is 5.49. The van der Waals surface area contributed by atoms with Crippen LogP contribution in [0, 0.1) is 0 Å². The molecule has 1 aromatic heterocycles. The molecule has 0 radical (unpaired) electrons. The number of ether oxygens (including phenoxy) is 2. The predicted octanol–water partition coefficient (Wildman–Crippen LogP) is 2.94. The van der Waals surface area contributed by atoms with Crippen molar-refractivity contribution in [2.24, 2.45) is 0 Å². The number of hydrogen-bond donors (Lipinski definition) is 2. The number of nitrogens with zero attached hydrogens (tertiary/aromatic N) is 1. The zero-order valence-electron chi connectivity index (χ0n) is 12.4. The average molecular weight is 287 g/mol. The molecule has 0 bridgehead atoms. The fourth-order valence-electron chi connectivity index (χ4n) is 1.81. The molecule has 21 heavy (non-hydrogen) atoms. The Kier molecular flexibility index (Phi) is 5.26. The molecule has 0 saturated heterocycles. The fourth-order valence-corrected chi connectivity index (χ4v) is 1.81. The van der Waals surface area contributed by atoms with Crippen LogP contribution >= 0.6 is 0 Å². The van der Waals surface area contributed by atoms with Crippen LogP contribution in [0.2, 0.25) is 0 Å². The van der Waals surface area contributed by atoms with Crippen LogP contribution in [-0.2, 0) is 0 Å². The molecule has 5 heteroatoms. The van der Waals surface area contributed by atoms with Crippen molar-refractivity contribution >= 4 is 11.5 Å². The molecule has 2 aromatic rings. The van der Waals surface area contributed by atoms with E-state index in [0.717, 1.165) is 17.3 Å². The van der Waals surface area contributed by atoms with Crippen molar-refractivity contribution in [2.45, 2.75) is 20.0 Å². The van der Waals surface area contributed by atoms with Crippen LogP contribution in [0.15, 0.2) is 42.6 Å². The van der Waals surface area contributed by atoms with Crippen LogP contribution in [0.4, 0.5) is 11.5 Å². The monoisotopic (exact) mass is 287 g/mol. The first kappa shape index (κ1) is 15.0. The first-order chi connectivity index (χ1) is 10.1. The van der Waals surface area contributed by atoms with E-state index in [4.69, 9.17) is 15.2 Å². The van der Waals surface area contributed by atoms with E-state index in [-0.39, 0.29) is 6.10 Å². The van der Waals surface area contributed by atoms with Gasteiger partial charge in [-0.25, -0.2) is 4.98 Å². The van der Waals surface area contributed by atoms with Gasteiger partial charge in [0.15, 0.2) is 11.6 Å². The van der Waals surface area contributed by atoms with E-state index in [0.29, 0.717) is 18.8 Å². The quantitative estimate of drug-likeness (QED) is 0.605. The maximum Gasteiger partial charge on any atom is 0.168 e. The first-order valence-corrected chi connectivity index (χ1v) is 6.99. The Morgan fingerprint density at radius 1 is 1.24 bits per heavy atom. The molecular weight excluding hydrogens is 266 g/mol. The van der Waals surface area contributed by atoms with Gasteiger partial charge in [0.2, 0.25) is 0 Å². The Morgan fingerprint density at radius 2 is 2.10 bits per heavy atom. The third-order valence-electron chi connectivity index (χ3n) is 2.65. The molecule has 1 aromatic carbocycles. The van der Waals surface area contributed by atoms with Crippen LogP contribution in [0.1, 0.15) is 13.8 Å². The van der Waals surface area contributed by atoms with Crippen LogP contribution in [0.25, 0.3) is 0 Å². The topological polar surface area (TPSA) is 69.4 Å². The number of hydrogen-bond acceptors (Lipinski definition) is 5. The lowest BCUT2D eigenvalue weighted by atomic mass is 10.3. The van der Waals surface area contributed by atoms with Crippen LogP contribution in [0.5, 0.6) is 11.5 Å². The molecule has 0 atom stereocenters. The van der Waals surface area contributed by atoms with E-state index in [1.807, 2.05) is 44.2 Å². The lowest BCUT2D eigenvalue weighted by Crippen LogP contribution is -2.14. The standard InChI is InChI=1S/C16H21N3O2/c1-12(2)21-15-7-4-8-18-16(15)19-9-10-20-14-6-3-5-13(17)11-14/h3-8,11-12H,9-10,17H2,1-2H3,(H,18,19). The SMILES string of the molecule is CC(C)Oc1cccnc1NCCOc1cccc(N)c1. The van der Waals surface area contributed by atoms with Crippen molar-refractivity contribution in [3.63, 3.8) is 0 Å². The molecule has 0 aliphatic carbocycles. The second-order valence-electron chi connectivity index (χ2n) is 4.86. The maximum absolute atomic E-state index is 5.70. The molecule has 1 heterocycles. The number of rotatable bonds is 7. The van der Waals surface area contributed by atoms with Crippen molar-refractivity contribution in [2.75, 3.05) is 24.2 Å². The summed E-state index contributed by atoms with van der Waals surface area (Å²) in [4.78, 5) is 4.28. The molecule has 0 fully saturated rings. The minimum absolute atomic E-state index is 0.110. The van der Waals surface area contributed by atoms with Crippen LogP contribution in [0.3, 0.4) is 0 Å². The highest BCUT2D eigenvalue weighted by atomic mass is 16.5. The number of aromatic nitrogens is 1. The summed E-state index contributed by atoms with van der Waals surface area (Å²) in [5.41, 5.74) is 6.39. The molecule has 0 aliphatic rings. The molecule has 3 N–H and O–H groups in total. The summed E-state index contributed by atoms with van der Waals surface area (Å²) in [5, 5.41) is 3.21. The maximum atomic E-state index is 5.70. The Morgan fingerprint density at radius 3 is 2.86 bits per heavy atom. The molecule has 0 saturated carbocycles. The summed E-state index contributed by atoms with van der Waals surface area (Å²) in [6.45, 7) is 5.11. The van der Waals surface area contributed by atoms with Crippen LogP contribution in [-0.4, -0.2) is 24.2 Å². The number of benzene rings is 1. The minimum Gasteiger partial charge on any atom is -0.492 e. The highest BCUT2D eigenvalue weighted by Crippen LogP contribution is 2.21. The van der Waals surface area contributed by atoms with Crippen molar-refractivity contribution in [1.82, 2.24) is 4.98 Å². The van der Waals surface area contributed by atoms with Crippen LogP contribution < -0.4 is 20.5 Å². The third-order valence-corrected chi connectivity index (χ3v) is 2.65. The van der Waals surface area contributed by atoms with Gasteiger partial charge in [-0.15, -0.1) is 0 Å². The minimum atomic E-state index is 0.110. The van der Waals surface area contributed by atoms with E-state index >= 15 is 0 Å². The molecule has 0 amide bonds. The third kappa shape index (κ3) is 4.87. The van der Waals surface area contributed by atoms with Crippen molar-refractivity contribution in [1.29, 1.82) is 0 Å². The van der Waals surface area contributed by atoms with Gasteiger partial charge >= 0.3 is 0 Å². The van der Waals surface area contributed by atoms with E-state index < -0.39 is 0 Å². The lowest BCUT2D eigenvalue weighted by Gasteiger charge is -2.14. The Bertz CT molecular complexity index is 573. The summed E-state index contributed by atoms with van der Waals surface area (Å²) in [6.07, 6.45) is 1.84. The van der Waals surface area contributed by atoms with Gasteiger partial charge < -0.3 is 20.5 Å². The van der Waals surface area contributed by atoms with Gasteiger partial charge in [0, 0.05) is 18.0 Å². The van der Waals surface area contributed by atoms with E-state index in [2.05, 4.69) is 10.3 Å². The second kappa shape index (κ2) is 7.38. The fraction of sp³-hybridized carbons (Fsp3) is 0.312. The first-order valence-electron chi connectivity index (χ1n) is 6.99. The summed E-state index contributed by atoms with van der Waals surface area (Å²) >= 11 is 0. The lowest BCUT2D eigenvalue weighted by molar-refractivity contribution is 0.242.